The molecule has 0 aliphatic rings. The van der Waals surface area contributed by atoms with Gasteiger partial charge >= 0.3 is 0 Å². The highest BCUT2D eigenvalue weighted by Crippen LogP contribution is 2.25. The first-order valence-electron chi connectivity index (χ1n) is 10.8. The minimum absolute atomic E-state index is 0.0344. The number of rotatable bonds is 7. The molecule has 1 N–H and O–H groups in total. The number of hydrogen-bond donors (Lipinski definition) is 1. The lowest BCUT2D eigenvalue weighted by molar-refractivity contribution is -0.119. The summed E-state index contributed by atoms with van der Waals surface area (Å²) in [7, 11) is -4.01. The standard InChI is InChI=1S/C26H28ClN3O3S/c1-19(20-10-12-21(13-11-20)26(2,3)4)28-29-25(31)18-30(23-8-6-5-7-9-23)34(32,33)24-16-14-22(27)15-17-24/h5-17H,18H2,1-4H3,(H,29,31)/b28-19-. The van der Waals surface area contributed by atoms with Gasteiger partial charge in [0.05, 0.1) is 16.3 Å². The number of nitrogens with one attached hydrogen (secondary N) is 1. The molecule has 0 heterocycles. The highest BCUT2D eigenvalue weighted by atomic mass is 35.5. The van der Waals surface area contributed by atoms with E-state index in [0.29, 0.717) is 16.4 Å². The fraction of sp³-hybridized carbons (Fsp3) is 0.231. The average Bonchev–Trinajstić information content (AvgIpc) is 2.81. The highest BCUT2D eigenvalue weighted by Gasteiger charge is 2.27. The Morgan fingerprint density at radius 1 is 0.941 bits per heavy atom. The van der Waals surface area contributed by atoms with Gasteiger partial charge in [0.15, 0.2) is 0 Å². The van der Waals surface area contributed by atoms with E-state index in [9.17, 15) is 13.2 Å². The van der Waals surface area contributed by atoms with Crippen molar-refractivity contribution in [1.82, 2.24) is 5.43 Å². The van der Waals surface area contributed by atoms with Crippen molar-refractivity contribution in [1.29, 1.82) is 0 Å². The van der Waals surface area contributed by atoms with Gasteiger partial charge in [-0.1, -0.05) is 74.8 Å². The van der Waals surface area contributed by atoms with Crippen molar-refractivity contribution < 1.29 is 13.2 Å². The number of carbonyl (C=O) groups excluding carboxylic acids is 1. The maximum atomic E-state index is 13.3. The molecule has 0 saturated carbocycles. The van der Waals surface area contributed by atoms with E-state index in [1.165, 1.54) is 29.8 Å². The van der Waals surface area contributed by atoms with E-state index in [-0.39, 0.29) is 10.3 Å². The van der Waals surface area contributed by atoms with Gasteiger partial charge in [-0.2, -0.15) is 5.10 Å². The maximum absolute atomic E-state index is 13.3. The van der Waals surface area contributed by atoms with Crippen molar-refractivity contribution in [3.05, 3.63) is 95.0 Å². The van der Waals surface area contributed by atoms with Crippen LogP contribution in [0.2, 0.25) is 5.02 Å². The molecule has 0 unspecified atom stereocenters. The Bertz CT molecular complexity index is 1270. The Morgan fingerprint density at radius 3 is 2.09 bits per heavy atom. The zero-order chi connectivity index (χ0) is 24.9. The summed E-state index contributed by atoms with van der Waals surface area (Å²) in [5.41, 5.74) is 5.55. The Balaban J connectivity index is 1.80. The van der Waals surface area contributed by atoms with Crippen molar-refractivity contribution >= 4 is 38.9 Å². The SMILES string of the molecule is C/C(=N/NC(=O)CN(c1ccccc1)S(=O)(=O)c1ccc(Cl)cc1)c1ccc(C(C)(C)C)cc1. The molecule has 3 aromatic rings. The van der Waals surface area contributed by atoms with E-state index in [4.69, 9.17) is 11.6 Å². The van der Waals surface area contributed by atoms with E-state index in [1.54, 1.807) is 37.3 Å². The number of anilines is 1. The number of hydrazone groups is 1. The Labute approximate surface area is 206 Å². The maximum Gasteiger partial charge on any atom is 0.264 e. The molecule has 3 aromatic carbocycles. The number of amides is 1. The first-order valence-corrected chi connectivity index (χ1v) is 12.6. The second-order valence-electron chi connectivity index (χ2n) is 8.86. The van der Waals surface area contributed by atoms with Gasteiger partial charge in [-0.25, -0.2) is 13.8 Å². The lowest BCUT2D eigenvalue weighted by Crippen LogP contribution is -2.39. The minimum Gasteiger partial charge on any atom is -0.271 e. The van der Waals surface area contributed by atoms with Crippen LogP contribution in [0, 0.1) is 0 Å². The van der Waals surface area contributed by atoms with Crippen LogP contribution >= 0.6 is 11.6 Å². The van der Waals surface area contributed by atoms with Crippen LogP contribution in [0.5, 0.6) is 0 Å². The monoisotopic (exact) mass is 497 g/mol. The van der Waals surface area contributed by atoms with Crippen LogP contribution in [-0.2, 0) is 20.2 Å². The number of halogens is 1. The first kappa shape index (κ1) is 25.5. The topological polar surface area (TPSA) is 78.8 Å². The van der Waals surface area contributed by atoms with Crippen molar-refractivity contribution in [3.8, 4) is 0 Å². The molecule has 8 heteroatoms. The number of sulfonamides is 1. The zero-order valence-corrected chi connectivity index (χ0v) is 21.2. The summed E-state index contributed by atoms with van der Waals surface area (Å²) in [6, 6.07) is 22.2. The van der Waals surface area contributed by atoms with Crippen LogP contribution in [-0.4, -0.2) is 26.6 Å². The molecule has 0 bridgehead atoms. The second-order valence-corrected chi connectivity index (χ2v) is 11.2. The van der Waals surface area contributed by atoms with E-state index in [0.717, 1.165) is 9.87 Å². The van der Waals surface area contributed by atoms with Gasteiger partial charge in [-0.05, 0) is 59.9 Å². The number of nitrogens with zero attached hydrogens (tertiary/aromatic N) is 2. The molecular weight excluding hydrogens is 470 g/mol. The fourth-order valence-corrected chi connectivity index (χ4v) is 4.78. The predicted molar refractivity (Wildman–Crippen MR) is 138 cm³/mol. The van der Waals surface area contributed by atoms with E-state index in [2.05, 4.69) is 31.3 Å². The second kappa shape index (κ2) is 10.4. The Kier molecular flexibility index (Phi) is 7.79. The zero-order valence-electron chi connectivity index (χ0n) is 19.6. The summed E-state index contributed by atoms with van der Waals surface area (Å²) in [5.74, 6) is -0.563. The quantitative estimate of drug-likeness (QED) is 0.352. The molecule has 0 saturated heterocycles. The Hall–Kier alpha value is -3.16. The third-order valence-corrected chi connectivity index (χ3v) is 7.29. The van der Waals surface area contributed by atoms with Crippen LogP contribution in [0.3, 0.4) is 0 Å². The van der Waals surface area contributed by atoms with Gasteiger partial charge in [0.1, 0.15) is 6.54 Å². The molecule has 6 nitrogen and oxygen atoms in total. The molecule has 1 amide bonds. The van der Waals surface area contributed by atoms with Gasteiger partial charge < -0.3 is 0 Å². The van der Waals surface area contributed by atoms with Crippen molar-refractivity contribution in [2.45, 2.75) is 38.0 Å². The summed E-state index contributed by atoms with van der Waals surface area (Å²) < 4.78 is 27.7. The summed E-state index contributed by atoms with van der Waals surface area (Å²) in [6.07, 6.45) is 0. The molecule has 0 radical (unpaired) electrons. The van der Waals surface area contributed by atoms with Gasteiger partial charge in [0.2, 0.25) is 0 Å². The summed E-state index contributed by atoms with van der Waals surface area (Å²) in [5, 5.41) is 4.60. The molecule has 0 spiro atoms. The third kappa shape index (κ3) is 6.24. The van der Waals surface area contributed by atoms with Gasteiger partial charge in [0, 0.05) is 5.02 Å². The highest BCUT2D eigenvalue weighted by molar-refractivity contribution is 7.92. The van der Waals surface area contributed by atoms with Gasteiger partial charge in [0.25, 0.3) is 15.9 Å². The molecule has 0 atom stereocenters. The van der Waals surface area contributed by atoms with Gasteiger partial charge in [-0.15, -0.1) is 0 Å². The summed E-state index contributed by atoms with van der Waals surface area (Å²) in [4.78, 5) is 12.8. The molecule has 3 rings (SSSR count). The normalized spacial score (nSPS) is 12.3. The smallest absolute Gasteiger partial charge is 0.264 e. The summed E-state index contributed by atoms with van der Waals surface area (Å²) >= 11 is 5.91. The Morgan fingerprint density at radius 2 is 1.53 bits per heavy atom. The third-order valence-electron chi connectivity index (χ3n) is 5.25. The predicted octanol–water partition coefficient (Wildman–Crippen LogP) is 5.37. The van der Waals surface area contributed by atoms with E-state index < -0.39 is 22.5 Å². The number of benzene rings is 3. The number of carbonyl (C=O) groups is 1. The van der Waals surface area contributed by atoms with Crippen molar-refractivity contribution in [3.63, 3.8) is 0 Å². The number of hydrogen-bond acceptors (Lipinski definition) is 4. The van der Waals surface area contributed by atoms with Crippen LogP contribution in [0.15, 0.2) is 88.9 Å². The van der Waals surface area contributed by atoms with Crippen molar-refractivity contribution in [2.24, 2.45) is 5.10 Å². The fourth-order valence-electron chi connectivity index (χ4n) is 3.23. The lowest BCUT2D eigenvalue weighted by Gasteiger charge is -2.23. The van der Waals surface area contributed by atoms with Crippen molar-refractivity contribution in [2.75, 3.05) is 10.8 Å². The van der Waals surface area contributed by atoms with E-state index >= 15 is 0 Å². The first-order chi connectivity index (χ1) is 16.0. The summed E-state index contributed by atoms with van der Waals surface area (Å²) in [6.45, 7) is 7.76. The number of para-hydroxylation sites is 1. The van der Waals surface area contributed by atoms with Crippen LogP contribution in [0.25, 0.3) is 0 Å². The molecule has 0 aliphatic carbocycles. The molecule has 178 valence electrons. The lowest BCUT2D eigenvalue weighted by atomic mass is 9.86. The largest absolute Gasteiger partial charge is 0.271 e. The minimum atomic E-state index is -4.01. The molecule has 0 fully saturated rings. The molecule has 0 aliphatic heterocycles. The molecule has 0 aromatic heterocycles. The molecule has 34 heavy (non-hydrogen) atoms. The molecular formula is C26H28ClN3O3S. The van der Waals surface area contributed by atoms with Crippen LogP contribution in [0.1, 0.15) is 38.8 Å². The van der Waals surface area contributed by atoms with Gasteiger partial charge in [-0.3, -0.25) is 9.10 Å². The van der Waals surface area contributed by atoms with Crippen LogP contribution < -0.4 is 9.73 Å². The van der Waals surface area contributed by atoms with Crippen LogP contribution in [0.4, 0.5) is 5.69 Å². The van der Waals surface area contributed by atoms with E-state index in [1.807, 2.05) is 24.3 Å². The average molecular weight is 498 g/mol.